The molecule has 2 N–H and O–H groups in total. The third-order valence-electron chi connectivity index (χ3n) is 8.76. The largest absolute Gasteiger partial charge is 0.455 e. The van der Waals surface area contributed by atoms with E-state index < -0.39 is 0 Å². The molecule has 40 heavy (non-hydrogen) atoms. The summed E-state index contributed by atoms with van der Waals surface area (Å²) in [5.41, 5.74) is 11.8. The molecule has 194 valence electrons. The number of benzene rings is 5. The summed E-state index contributed by atoms with van der Waals surface area (Å²) in [5, 5.41) is 9.96. The van der Waals surface area contributed by atoms with Crippen LogP contribution in [0.2, 0.25) is 0 Å². The van der Waals surface area contributed by atoms with Crippen molar-refractivity contribution in [1.29, 1.82) is 0 Å². The first kappa shape index (κ1) is 23.3. The van der Waals surface area contributed by atoms with Crippen LogP contribution in [0.5, 0.6) is 0 Å². The van der Waals surface area contributed by atoms with Crippen LogP contribution in [0.15, 0.2) is 126 Å². The number of hydrogen-bond donors (Lipinski definition) is 2. The van der Waals surface area contributed by atoms with Crippen molar-refractivity contribution < 1.29 is 4.42 Å². The highest BCUT2D eigenvalue weighted by molar-refractivity contribution is 6.11. The van der Waals surface area contributed by atoms with Gasteiger partial charge in [-0.15, -0.1) is 0 Å². The topological polar surface area (TPSA) is 37.2 Å². The minimum absolute atomic E-state index is 0.0000384. The molecule has 3 heteroatoms. The first-order valence-corrected chi connectivity index (χ1v) is 14.0. The van der Waals surface area contributed by atoms with Crippen molar-refractivity contribution in [2.24, 2.45) is 0 Å². The zero-order valence-corrected chi connectivity index (χ0v) is 22.6. The Bertz CT molecular complexity index is 1930. The molecule has 0 saturated carbocycles. The number of para-hydroxylation sites is 1. The van der Waals surface area contributed by atoms with Gasteiger partial charge in [0, 0.05) is 27.4 Å². The summed E-state index contributed by atoms with van der Waals surface area (Å²) >= 11 is 0. The van der Waals surface area contributed by atoms with Crippen LogP contribution >= 0.6 is 0 Å². The Kier molecular flexibility index (Phi) is 5.07. The van der Waals surface area contributed by atoms with Gasteiger partial charge in [-0.2, -0.15) is 0 Å². The van der Waals surface area contributed by atoms with Gasteiger partial charge in [-0.25, -0.2) is 0 Å². The zero-order chi connectivity index (χ0) is 26.8. The van der Waals surface area contributed by atoms with Crippen LogP contribution in [0.25, 0.3) is 38.8 Å². The Labute approximate surface area is 234 Å². The molecule has 1 aromatic heterocycles. The maximum Gasteiger partial charge on any atom is 0.143 e. The van der Waals surface area contributed by atoms with Crippen LogP contribution in [0, 0.1) is 0 Å². The second-order valence-electron chi connectivity index (χ2n) is 11.5. The third kappa shape index (κ3) is 3.48. The minimum atomic E-state index is -0.133. The minimum Gasteiger partial charge on any atom is -0.455 e. The molecule has 0 saturated heterocycles. The van der Waals surface area contributed by atoms with Gasteiger partial charge in [0.15, 0.2) is 0 Å². The van der Waals surface area contributed by atoms with E-state index in [0.29, 0.717) is 0 Å². The zero-order valence-electron chi connectivity index (χ0n) is 22.6. The van der Waals surface area contributed by atoms with E-state index in [4.69, 9.17) is 4.42 Å². The number of nitrogens with one attached hydrogen (secondary N) is 2. The van der Waals surface area contributed by atoms with Crippen molar-refractivity contribution >= 4 is 27.6 Å². The molecule has 3 nitrogen and oxygen atoms in total. The molecule has 2 atom stereocenters. The van der Waals surface area contributed by atoms with Gasteiger partial charge in [0.05, 0.1) is 6.04 Å². The Morgan fingerprint density at radius 3 is 2.25 bits per heavy atom. The second-order valence-corrected chi connectivity index (χ2v) is 11.5. The van der Waals surface area contributed by atoms with Gasteiger partial charge < -0.3 is 9.73 Å². The van der Waals surface area contributed by atoms with E-state index in [1.807, 2.05) is 6.07 Å². The van der Waals surface area contributed by atoms with Gasteiger partial charge in [0.25, 0.3) is 0 Å². The fourth-order valence-corrected chi connectivity index (χ4v) is 6.67. The highest BCUT2D eigenvalue weighted by Crippen LogP contribution is 2.53. The summed E-state index contributed by atoms with van der Waals surface area (Å²) < 4.78 is 6.49. The van der Waals surface area contributed by atoms with Gasteiger partial charge >= 0.3 is 0 Å². The highest BCUT2D eigenvalue weighted by Gasteiger charge is 2.38. The number of furan rings is 1. The van der Waals surface area contributed by atoms with Crippen molar-refractivity contribution in [2.45, 2.75) is 31.5 Å². The summed E-state index contributed by atoms with van der Waals surface area (Å²) in [7, 11) is 0. The first-order valence-electron chi connectivity index (χ1n) is 14.0. The van der Waals surface area contributed by atoms with E-state index in [2.05, 4.69) is 140 Å². The average Bonchev–Trinajstić information content (AvgIpc) is 3.50. The standard InChI is InChI=1S/C37H30N2O/c1-37(2)29-20-19-27-26-15-9-10-16-33(26)40-35(27)34(29)28-18-17-25(21-30(28)37)32-22-31(23-11-5-3-6-12-23)38-36(39-32)24-13-7-4-8-14-24/h3-22,32,36,38-39H,1-2H3. The number of fused-ring (bicyclic) bond motifs is 7. The van der Waals surface area contributed by atoms with E-state index in [1.54, 1.807) is 0 Å². The van der Waals surface area contributed by atoms with Gasteiger partial charge in [0.1, 0.15) is 17.3 Å². The Morgan fingerprint density at radius 2 is 1.43 bits per heavy atom. The summed E-state index contributed by atoms with van der Waals surface area (Å²) in [4.78, 5) is 0. The Hall–Kier alpha value is -4.60. The predicted octanol–water partition coefficient (Wildman–Crippen LogP) is 8.87. The summed E-state index contributed by atoms with van der Waals surface area (Å²) in [5.74, 6) is 0. The van der Waals surface area contributed by atoms with Crippen LogP contribution in [0.1, 0.15) is 53.9 Å². The van der Waals surface area contributed by atoms with Crippen molar-refractivity contribution in [3.05, 3.63) is 149 Å². The maximum absolute atomic E-state index is 6.49. The Morgan fingerprint density at radius 1 is 0.675 bits per heavy atom. The SMILES string of the molecule is CC1(C)c2cc(C3C=C(c4ccccc4)NC(c4ccccc4)N3)ccc2-c2c1ccc1c2oc2ccccc21. The summed E-state index contributed by atoms with van der Waals surface area (Å²) in [6.07, 6.45) is 2.32. The normalized spacial score (nSPS) is 19.2. The lowest BCUT2D eigenvalue weighted by atomic mass is 9.81. The molecule has 2 unspecified atom stereocenters. The first-order chi connectivity index (χ1) is 19.6. The van der Waals surface area contributed by atoms with Gasteiger partial charge in [-0.05, 0) is 45.5 Å². The molecule has 8 rings (SSSR count). The quantitative estimate of drug-likeness (QED) is 0.246. The molecule has 5 aromatic carbocycles. The van der Waals surface area contributed by atoms with Crippen molar-refractivity contribution in [2.75, 3.05) is 0 Å². The highest BCUT2D eigenvalue weighted by atomic mass is 16.3. The van der Waals surface area contributed by atoms with Crippen LogP contribution in [-0.2, 0) is 5.41 Å². The van der Waals surface area contributed by atoms with E-state index >= 15 is 0 Å². The van der Waals surface area contributed by atoms with E-state index in [0.717, 1.165) is 16.9 Å². The second kappa shape index (κ2) is 8.70. The molecule has 0 bridgehead atoms. The number of hydrogen-bond acceptors (Lipinski definition) is 3. The predicted molar refractivity (Wildman–Crippen MR) is 164 cm³/mol. The van der Waals surface area contributed by atoms with Crippen LogP contribution < -0.4 is 10.6 Å². The number of rotatable bonds is 3. The monoisotopic (exact) mass is 518 g/mol. The fourth-order valence-electron chi connectivity index (χ4n) is 6.67. The molecule has 0 spiro atoms. The molecule has 6 aromatic rings. The van der Waals surface area contributed by atoms with Gasteiger partial charge in [-0.1, -0.05) is 123 Å². The maximum atomic E-state index is 6.49. The molecule has 0 fully saturated rings. The van der Waals surface area contributed by atoms with Gasteiger partial charge in [0.2, 0.25) is 0 Å². The Balaban J connectivity index is 1.26. The summed E-state index contributed by atoms with van der Waals surface area (Å²) in [6.45, 7) is 4.67. The molecule has 1 aliphatic heterocycles. The van der Waals surface area contributed by atoms with E-state index in [-0.39, 0.29) is 17.6 Å². The van der Waals surface area contributed by atoms with Crippen LogP contribution in [-0.4, -0.2) is 0 Å². The molecule has 2 aliphatic rings. The van der Waals surface area contributed by atoms with E-state index in [9.17, 15) is 0 Å². The lowest BCUT2D eigenvalue weighted by molar-refractivity contribution is 0.442. The van der Waals surface area contributed by atoms with Crippen molar-refractivity contribution in [3.8, 4) is 11.1 Å². The van der Waals surface area contributed by atoms with Crippen molar-refractivity contribution in [3.63, 3.8) is 0 Å². The smallest absolute Gasteiger partial charge is 0.143 e. The molecule has 0 radical (unpaired) electrons. The van der Waals surface area contributed by atoms with Crippen molar-refractivity contribution in [1.82, 2.24) is 10.6 Å². The third-order valence-corrected chi connectivity index (χ3v) is 8.76. The van der Waals surface area contributed by atoms with Gasteiger partial charge in [-0.3, -0.25) is 5.32 Å². The van der Waals surface area contributed by atoms with Crippen LogP contribution in [0.4, 0.5) is 0 Å². The lowest BCUT2D eigenvalue weighted by Crippen LogP contribution is -2.39. The molecular formula is C37H30N2O. The molecule has 1 aliphatic carbocycles. The lowest BCUT2D eigenvalue weighted by Gasteiger charge is -2.33. The average molecular weight is 519 g/mol. The van der Waals surface area contributed by atoms with Crippen LogP contribution in [0.3, 0.4) is 0 Å². The fraction of sp³-hybridized carbons (Fsp3) is 0.135. The molecule has 2 heterocycles. The van der Waals surface area contributed by atoms with E-state index in [1.165, 1.54) is 49.7 Å². The molecular weight excluding hydrogens is 488 g/mol. The summed E-state index contributed by atoms with van der Waals surface area (Å²) in [6, 6.07) is 41.2. The molecule has 0 amide bonds.